The monoisotopic (exact) mass is 313 g/mol. The number of hydrogen-bond donors (Lipinski definition) is 2. The molecule has 0 fully saturated rings. The summed E-state index contributed by atoms with van der Waals surface area (Å²) in [6, 6.07) is 4.95. The fraction of sp³-hybridized carbons (Fsp3) is 0.200. The Balaban J connectivity index is 1.96. The fourth-order valence-corrected chi connectivity index (χ4v) is 2.27. The van der Waals surface area contributed by atoms with E-state index in [0.717, 1.165) is 5.56 Å². The highest BCUT2D eigenvalue weighted by molar-refractivity contribution is 5.90. The average Bonchev–Trinajstić information content (AvgIpc) is 2.57. The smallest absolute Gasteiger partial charge is 0.286 e. The zero-order valence-corrected chi connectivity index (χ0v) is 12.6. The first kappa shape index (κ1) is 14.8. The van der Waals surface area contributed by atoms with Crippen LogP contribution in [-0.4, -0.2) is 32.0 Å². The van der Waals surface area contributed by atoms with Gasteiger partial charge in [-0.2, -0.15) is 0 Å². The number of aryl methyl sites for hydroxylation is 1. The Morgan fingerprint density at radius 1 is 1.30 bits per heavy atom. The van der Waals surface area contributed by atoms with E-state index in [2.05, 4.69) is 20.3 Å². The van der Waals surface area contributed by atoms with Crippen molar-refractivity contribution in [1.82, 2.24) is 19.7 Å². The summed E-state index contributed by atoms with van der Waals surface area (Å²) in [5, 5.41) is 13.6. The minimum Gasteiger partial charge on any atom is -0.481 e. The van der Waals surface area contributed by atoms with Gasteiger partial charge in [0.2, 0.25) is 5.88 Å². The first-order chi connectivity index (χ1) is 11.1. The molecule has 3 aromatic rings. The number of anilines is 1. The SMILES string of the molecule is COc1ccc(CNc2cc(=O)n(O)c3ncnc(C)c23)cn1. The number of nitrogens with zero attached hydrogens (tertiary/aromatic N) is 4. The molecule has 0 aliphatic rings. The van der Waals surface area contributed by atoms with Crippen molar-refractivity contribution in [2.24, 2.45) is 0 Å². The summed E-state index contributed by atoms with van der Waals surface area (Å²) in [7, 11) is 1.55. The third-order valence-electron chi connectivity index (χ3n) is 3.45. The molecule has 0 saturated heterocycles. The minimum absolute atomic E-state index is 0.167. The molecule has 0 spiro atoms. The molecule has 0 bridgehead atoms. The van der Waals surface area contributed by atoms with Gasteiger partial charge in [-0.1, -0.05) is 6.07 Å². The van der Waals surface area contributed by atoms with Gasteiger partial charge in [-0.05, 0) is 12.5 Å². The second kappa shape index (κ2) is 5.91. The van der Waals surface area contributed by atoms with E-state index < -0.39 is 5.56 Å². The zero-order valence-electron chi connectivity index (χ0n) is 12.6. The van der Waals surface area contributed by atoms with Crippen molar-refractivity contribution in [3.05, 3.63) is 52.3 Å². The maximum atomic E-state index is 11.8. The predicted octanol–water partition coefficient (Wildman–Crippen LogP) is 1.35. The molecule has 0 amide bonds. The van der Waals surface area contributed by atoms with Crippen LogP contribution in [0.4, 0.5) is 5.69 Å². The first-order valence-electron chi connectivity index (χ1n) is 6.89. The van der Waals surface area contributed by atoms with Crippen molar-refractivity contribution in [2.75, 3.05) is 12.4 Å². The average molecular weight is 313 g/mol. The number of methoxy groups -OCH3 is 1. The van der Waals surface area contributed by atoms with Crippen LogP contribution in [-0.2, 0) is 6.54 Å². The van der Waals surface area contributed by atoms with Gasteiger partial charge in [-0.25, -0.2) is 15.0 Å². The minimum atomic E-state index is -0.564. The molecule has 3 rings (SSSR count). The zero-order chi connectivity index (χ0) is 16.4. The standard InChI is InChI=1S/C15H15N5O3/c1-9-14-11(5-13(21)20(22)15(14)19-8-18-9)16-6-10-3-4-12(23-2)17-7-10/h3-5,7-8,16,22H,6H2,1-2H3. The number of rotatable bonds is 4. The van der Waals surface area contributed by atoms with E-state index in [-0.39, 0.29) is 5.65 Å². The van der Waals surface area contributed by atoms with E-state index in [0.29, 0.717) is 33.9 Å². The molecule has 0 aliphatic heterocycles. The highest BCUT2D eigenvalue weighted by Gasteiger charge is 2.12. The number of pyridine rings is 2. The van der Waals surface area contributed by atoms with Crippen LogP contribution in [0, 0.1) is 6.92 Å². The highest BCUT2D eigenvalue weighted by atomic mass is 16.5. The Morgan fingerprint density at radius 3 is 2.83 bits per heavy atom. The van der Waals surface area contributed by atoms with E-state index >= 15 is 0 Å². The van der Waals surface area contributed by atoms with Gasteiger partial charge >= 0.3 is 0 Å². The molecule has 23 heavy (non-hydrogen) atoms. The van der Waals surface area contributed by atoms with E-state index in [1.807, 2.05) is 6.07 Å². The Kier molecular flexibility index (Phi) is 3.80. The van der Waals surface area contributed by atoms with E-state index in [1.165, 1.54) is 12.4 Å². The van der Waals surface area contributed by atoms with Crippen molar-refractivity contribution in [1.29, 1.82) is 0 Å². The molecular weight excluding hydrogens is 298 g/mol. The second-order valence-electron chi connectivity index (χ2n) is 4.93. The van der Waals surface area contributed by atoms with Crippen LogP contribution in [0.2, 0.25) is 0 Å². The van der Waals surface area contributed by atoms with Crippen molar-refractivity contribution in [3.63, 3.8) is 0 Å². The van der Waals surface area contributed by atoms with Crippen molar-refractivity contribution in [2.45, 2.75) is 13.5 Å². The third-order valence-corrected chi connectivity index (χ3v) is 3.45. The summed E-state index contributed by atoms with van der Waals surface area (Å²) < 4.78 is 5.53. The van der Waals surface area contributed by atoms with Crippen LogP contribution < -0.4 is 15.6 Å². The van der Waals surface area contributed by atoms with Gasteiger partial charge in [0.25, 0.3) is 5.56 Å². The summed E-state index contributed by atoms with van der Waals surface area (Å²) in [5.74, 6) is 0.534. The van der Waals surface area contributed by atoms with Crippen LogP contribution >= 0.6 is 0 Å². The molecule has 0 atom stereocenters. The van der Waals surface area contributed by atoms with Crippen LogP contribution in [0.15, 0.2) is 35.5 Å². The van der Waals surface area contributed by atoms with Crippen LogP contribution in [0.1, 0.15) is 11.3 Å². The topological polar surface area (TPSA) is 102 Å². The summed E-state index contributed by atoms with van der Waals surface area (Å²) in [6.45, 7) is 2.24. The maximum absolute atomic E-state index is 11.8. The molecule has 2 N–H and O–H groups in total. The van der Waals surface area contributed by atoms with Crippen LogP contribution in [0.25, 0.3) is 11.0 Å². The Labute approximate surface area is 131 Å². The van der Waals surface area contributed by atoms with E-state index in [4.69, 9.17) is 4.74 Å². The molecule has 0 radical (unpaired) electrons. The number of nitrogens with one attached hydrogen (secondary N) is 1. The number of ether oxygens (including phenoxy) is 1. The van der Waals surface area contributed by atoms with Crippen LogP contribution in [0.5, 0.6) is 5.88 Å². The number of aromatic nitrogens is 4. The first-order valence-corrected chi connectivity index (χ1v) is 6.89. The lowest BCUT2D eigenvalue weighted by Gasteiger charge is -2.12. The third kappa shape index (κ3) is 2.78. The Hall–Kier alpha value is -3.16. The van der Waals surface area contributed by atoms with E-state index in [9.17, 15) is 10.0 Å². The summed E-state index contributed by atoms with van der Waals surface area (Å²) in [4.78, 5) is 24.1. The van der Waals surface area contributed by atoms with Crippen molar-refractivity contribution in [3.8, 4) is 5.88 Å². The molecule has 0 aliphatic carbocycles. The quantitative estimate of drug-likeness (QED) is 0.701. The van der Waals surface area contributed by atoms with E-state index in [1.54, 1.807) is 26.3 Å². The van der Waals surface area contributed by atoms with Gasteiger partial charge in [-0.3, -0.25) is 4.79 Å². The summed E-state index contributed by atoms with van der Waals surface area (Å²) in [6.07, 6.45) is 2.99. The van der Waals surface area contributed by atoms with Gasteiger partial charge in [0, 0.05) is 24.9 Å². The Morgan fingerprint density at radius 2 is 2.13 bits per heavy atom. The van der Waals surface area contributed by atoms with Gasteiger partial charge < -0.3 is 15.3 Å². The molecular formula is C15H15N5O3. The molecule has 0 unspecified atom stereocenters. The molecule has 118 valence electrons. The normalized spacial score (nSPS) is 10.7. The highest BCUT2D eigenvalue weighted by Crippen LogP contribution is 2.22. The lowest BCUT2D eigenvalue weighted by molar-refractivity contribution is 0.186. The van der Waals surface area contributed by atoms with Crippen molar-refractivity contribution < 1.29 is 9.94 Å². The Bertz CT molecular complexity index is 905. The number of hydrogen-bond acceptors (Lipinski definition) is 7. The molecule has 3 heterocycles. The van der Waals surface area contributed by atoms with Gasteiger partial charge in [0.1, 0.15) is 6.33 Å². The van der Waals surface area contributed by atoms with Crippen molar-refractivity contribution >= 4 is 16.7 Å². The van der Waals surface area contributed by atoms with Gasteiger partial charge in [0.15, 0.2) is 5.65 Å². The molecule has 3 aromatic heterocycles. The fourth-order valence-electron chi connectivity index (χ4n) is 2.27. The summed E-state index contributed by atoms with van der Waals surface area (Å²) in [5.41, 5.74) is 1.74. The lowest BCUT2D eigenvalue weighted by Crippen LogP contribution is -2.20. The van der Waals surface area contributed by atoms with Gasteiger partial charge in [-0.15, -0.1) is 4.73 Å². The molecule has 8 heteroatoms. The molecule has 0 saturated carbocycles. The second-order valence-corrected chi connectivity index (χ2v) is 4.93. The number of fused-ring (bicyclic) bond motifs is 1. The summed E-state index contributed by atoms with van der Waals surface area (Å²) >= 11 is 0. The lowest BCUT2D eigenvalue weighted by atomic mass is 10.2. The van der Waals surface area contributed by atoms with Crippen LogP contribution in [0.3, 0.4) is 0 Å². The maximum Gasteiger partial charge on any atom is 0.286 e. The van der Waals surface area contributed by atoms with Gasteiger partial charge in [0.05, 0.1) is 23.9 Å². The largest absolute Gasteiger partial charge is 0.481 e. The molecule has 0 aromatic carbocycles. The molecule has 8 nitrogen and oxygen atoms in total. The predicted molar refractivity (Wildman–Crippen MR) is 83.8 cm³/mol.